The van der Waals surface area contributed by atoms with Gasteiger partial charge in [-0.3, -0.25) is 0 Å². The first-order valence-corrected chi connectivity index (χ1v) is 9.09. The van der Waals surface area contributed by atoms with Crippen molar-refractivity contribution in [1.29, 1.82) is 0 Å². The Bertz CT molecular complexity index is 509. The summed E-state index contributed by atoms with van der Waals surface area (Å²) in [4.78, 5) is 5.30. The molecule has 2 N–H and O–H groups in total. The van der Waals surface area contributed by atoms with Crippen molar-refractivity contribution < 1.29 is 8.42 Å². The Kier molecular flexibility index (Phi) is 4.94. The molecule has 0 spiro atoms. The average Bonchev–Trinajstić information content (AvgIpc) is 3.05. The Hall–Kier alpha value is -0.500. The van der Waals surface area contributed by atoms with Gasteiger partial charge in [0.1, 0.15) is 5.01 Å². The van der Waals surface area contributed by atoms with Crippen molar-refractivity contribution in [3.8, 4) is 0 Å². The normalized spacial score (nSPS) is 17.6. The van der Waals surface area contributed by atoms with Crippen LogP contribution in [-0.4, -0.2) is 31.7 Å². The van der Waals surface area contributed by atoms with Gasteiger partial charge in [-0.05, 0) is 39.7 Å². The maximum Gasteiger partial charge on any atom is 0.212 e. The summed E-state index contributed by atoms with van der Waals surface area (Å²) in [6.07, 6.45) is 4.87. The summed E-state index contributed by atoms with van der Waals surface area (Å²) in [5.41, 5.74) is 0. The van der Waals surface area contributed by atoms with Gasteiger partial charge in [0.2, 0.25) is 10.0 Å². The standard InChI is InChI=1S/C12H21N3O2S2/c1-9-8-14-12(18-9)10(2)15-19(16,17)7-3-6-13-11-4-5-11/h8,10-11,13,15H,3-7H2,1-2H3. The highest BCUT2D eigenvalue weighted by molar-refractivity contribution is 7.89. The van der Waals surface area contributed by atoms with Crippen LogP contribution in [0, 0.1) is 6.92 Å². The second-order valence-corrected chi connectivity index (χ2v) is 8.19. The molecule has 0 radical (unpaired) electrons. The second-order valence-electron chi connectivity index (χ2n) is 5.05. The number of hydrogen-bond donors (Lipinski definition) is 2. The molecule has 0 bridgehead atoms. The Morgan fingerprint density at radius 3 is 2.84 bits per heavy atom. The Balaban J connectivity index is 1.75. The van der Waals surface area contributed by atoms with Crippen molar-refractivity contribution in [3.05, 3.63) is 16.1 Å². The zero-order valence-corrected chi connectivity index (χ0v) is 13.0. The van der Waals surface area contributed by atoms with Gasteiger partial charge in [-0.15, -0.1) is 11.3 Å². The molecule has 1 atom stereocenters. The number of nitrogens with one attached hydrogen (secondary N) is 2. The Morgan fingerprint density at radius 2 is 2.26 bits per heavy atom. The molecule has 1 saturated carbocycles. The van der Waals surface area contributed by atoms with Gasteiger partial charge in [0.15, 0.2) is 0 Å². The summed E-state index contributed by atoms with van der Waals surface area (Å²) >= 11 is 1.53. The van der Waals surface area contributed by atoms with E-state index in [4.69, 9.17) is 0 Å². The highest BCUT2D eigenvalue weighted by atomic mass is 32.2. The summed E-state index contributed by atoms with van der Waals surface area (Å²) in [7, 11) is -3.22. The third-order valence-corrected chi connectivity index (χ3v) is 5.60. The highest BCUT2D eigenvalue weighted by Crippen LogP contribution is 2.20. The molecule has 1 aromatic heterocycles. The summed E-state index contributed by atoms with van der Waals surface area (Å²) in [6, 6.07) is 0.382. The zero-order chi connectivity index (χ0) is 13.9. The third-order valence-electron chi connectivity index (χ3n) is 2.97. The highest BCUT2D eigenvalue weighted by Gasteiger charge is 2.21. The van der Waals surface area contributed by atoms with Gasteiger partial charge in [-0.1, -0.05) is 0 Å². The van der Waals surface area contributed by atoms with Gasteiger partial charge in [0, 0.05) is 17.1 Å². The fraction of sp³-hybridized carbons (Fsp3) is 0.750. The fourth-order valence-corrected chi connectivity index (χ4v) is 3.95. The molecule has 1 aromatic rings. The molecule has 7 heteroatoms. The number of thiazole rings is 1. The molecule has 19 heavy (non-hydrogen) atoms. The van der Waals surface area contributed by atoms with E-state index in [1.54, 1.807) is 6.20 Å². The van der Waals surface area contributed by atoms with E-state index in [0.29, 0.717) is 12.5 Å². The maximum absolute atomic E-state index is 11.9. The van der Waals surface area contributed by atoms with E-state index in [9.17, 15) is 8.42 Å². The van der Waals surface area contributed by atoms with E-state index < -0.39 is 10.0 Å². The maximum atomic E-state index is 11.9. The van der Waals surface area contributed by atoms with E-state index in [2.05, 4.69) is 15.0 Å². The molecule has 1 aliphatic carbocycles. The van der Waals surface area contributed by atoms with E-state index in [1.165, 1.54) is 24.2 Å². The second kappa shape index (κ2) is 6.30. The van der Waals surface area contributed by atoms with Crippen molar-refractivity contribution >= 4 is 21.4 Å². The van der Waals surface area contributed by atoms with E-state index in [1.807, 2.05) is 13.8 Å². The van der Waals surface area contributed by atoms with Gasteiger partial charge in [-0.2, -0.15) is 0 Å². The van der Waals surface area contributed by atoms with Crippen LogP contribution in [0.15, 0.2) is 6.20 Å². The fourth-order valence-electron chi connectivity index (χ4n) is 1.81. The summed E-state index contributed by atoms with van der Waals surface area (Å²) < 4.78 is 26.5. The molecule has 2 rings (SSSR count). The molecule has 5 nitrogen and oxygen atoms in total. The molecule has 0 amide bonds. The SMILES string of the molecule is Cc1cnc(C(C)NS(=O)(=O)CCCNC2CC2)s1. The smallest absolute Gasteiger partial charge is 0.212 e. The van der Waals surface area contributed by atoms with Gasteiger partial charge in [0.05, 0.1) is 11.8 Å². The summed E-state index contributed by atoms with van der Waals surface area (Å²) in [5, 5.41) is 4.13. The molecule has 1 heterocycles. The summed E-state index contributed by atoms with van der Waals surface area (Å²) in [6.45, 7) is 4.57. The van der Waals surface area contributed by atoms with Crippen LogP contribution in [0.1, 0.15) is 42.1 Å². The first-order chi connectivity index (χ1) is 8.96. The number of rotatable bonds is 8. The molecule has 1 aliphatic rings. The van der Waals surface area contributed by atoms with Crippen molar-refractivity contribution in [1.82, 2.24) is 15.0 Å². The van der Waals surface area contributed by atoms with Gasteiger partial charge in [-0.25, -0.2) is 18.1 Å². The van der Waals surface area contributed by atoms with Crippen LogP contribution in [-0.2, 0) is 10.0 Å². The van der Waals surface area contributed by atoms with E-state index >= 15 is 0 Å². The van der Waals surface area contributed by atoms with Crippen LogP contribution in [0.4, 0.5) is 0 Å². The van der Waals surface area contributed by atoms with Crippen molar-refractivity contribution in [2.75, 3.05) is 12.3 Å². The van der Waals surface area contributed by atoms with Crippen molar-refractivity contribution in [3.63, 3.8) is 0 Å². The number of sulfonamides is 1. The minimum atomic E-state index is -3.22. The molecule has 1 unspecified atom stereocenters. The van der Waals surface area contributed by atoms with Crippen molar-refractivity contribution in [2.24, 2.45) is 0 Å². The lowest BCUT2D eigenvalue weighted by Crippen LogP contribution is -2.30. The lowest BCUT2D eigenvalue weighted by atomic mass is 10.4. The van der Waals surface area contributed by atoms with Crippen LogP contribution in [0.3, 0.4) is 0 Å². The Morgan fingerprint density at radius 1 is 1.53 bits per heavy atom. The summed E-state index contributed by atoms with van der Waals surface area (Å²) in [5.74, 6) is 0.168. The van der Waals surface area contributed by atoms with Gasteiger partial charge in [0.25, 0.3) is 0 Å². The largest absolute Gasteiger partial charge is 0.314 e. The van der Waals surface area contributed by atoms with E-state index in [-0.39, 0.29) is 11.8 Å². The number of aryl methyl sites for hydroxylation is 1. The molecule has 0 saturated heterocycles. The molecule has 1 fully saturated rings. The van der Waals surface area contributed by atoms with E-state index in [0.717, 1.165) is 16.4 Å². The van der Waals surface area contributed by atoms with Crippen LogP contribution < -0.4 is 10.0 Å². The quantitative estimate of drug-likeness (QED) is 0.715. The zero-order valence-electron chi connectivity index (χ0n) is 11.3. The molecule has 0 aliphatic heterocycles. The lowest BCUT2D eigenvalue weighted by Gasteiger charge is -2.12. The molecular formula is C12H21N3O2S2. The first kappa shape index (κ1) is 14.9. The Labute approximate surface area is 118 Å². The minimum Gasteiger partial charge on any atom is -0.314 e. The lowest BCUT2D eigenvalue weighted by molar-refractivity contribution is 0.560. The number of aromatic nitrogens is 1. The van der Waals surface area contributed by atoms with Gasteiger partial charge < -0.3 is 5.32 Å². The third kappa shape index (κ3) is 5.18. The topological polar surface area (TPSA) is 71.1 Å². The van der Waals surface area contributed by atoms with Crippen molar-refractivity contribution in [2.45, 2.75) is 45.2 Å². The molecule has 108 valence electrons. The first-order valence-electron chi connectivity index (χ1n) is 6.62. The van der Waals surface area contributed by atoms with Crippen LogP contribution in [0.5, 0.6) is 0 Å². The number of hydrogen-bond acceptors (Lipinski definition) is 5. The predicted molar refractivity (Wildman–Crippen MR) is 77.8 cm³/mol. The molecular weight excluding hydrogens is 282 g/mol. The monoisotopic (exact) mass is 303 g/mol. The van der Waals surface area contributed by atoms with Crippen LogP contribution >= 0.6 is 11.3 Å². The predicted octanol–water partition coefficient (Wildman–Crippen LogP) is 1.57. The molecule has 0 aromatic carbocycles. The average molecular weight is 303 g/mol. The van der Waals surface area contributed by atoms with Crippen LogP contribution in [0.25, 0.3) is 0 Å². The minimum absolute atomic E-state index is 0.168. The van der Waals surface area contributed by atoms with Gasteiger partial charge >= 0.3 is 0 Å². The number of nitrogens with zero attached hydrogens (tertiary/aromatic N) is 1. The van der Waals surface area contributed by atoms with Crippen LogP contribution in [0.2, 0.25) is 0 Å².